The van der Waals surface area contributed by atoms with Crippen LogP contribution in [-0.2, 0) is 17.8 Å². The fourth-order valence-corrected chi connectivity index (χ4v) is 4.47. The Morgan fingerprint density at radius 2 is 1.94 bits per heavy atom. The van der Waals surface area contributed by atoms with Crippen LogP contribution in [0.5, 0.6) is 0 Å². The highest BCUT2D eigenvalue weighted by atomic mass is 35.5. The number of benzene rings is 1. The van der Waals surface area contributed by atoms with Crippen molar-refractivity contribution in [2.45, 2.75) is 26.1 Å². The highest BCUT2D eigenvalue weighted by molar-refractivity contribution is 6.36. The molecule has 1 N–H and O–H groups in total. The highest BCUT2D eigenvalue weighted by Gasteiger charge is 2.34. The van der Waals surface area contributed by atoms with Crippen molar-refractivity contribution in [2.24, 2.45) is 0 Å². The standard InChI is InChI=1S/C24H19ClF4N6O/c1-13-2-4-30-9-17(13)16-6-14-7-19(31-10-18(14)22(25)23(16)26)32-20-8-15-3-5-34(12-24(27,28)29)21(36)11-35(15)33-20/h2,4,6-10H,3,5,11-12H2,1H3,(H,31,32,33). The molecule has 1 aliphatic heterocycles. The number of aromatic nitrogens is 4. The molecule has 4 aromatic rings. The van der Waals surface area contributed by atoms with Gasteiger partial charge in [-0.25, -0.2) is 9.37 Å². The molecule has 7 nitrogen and oxygen atoms in total. The third kappa shape index (κ3) is 4.70. The zero-order valence-electron chi connectivity index (χ0n) is 18.9. The number of carbonyl (C=O) groups excluding carboxylic acids is 1. The van der Waals surface area contributed by atoms with E-state index in [1.165, 1.54) is 10.9 Å². The molecule has 1 aliphatic rings. The second-order valence-electron chi connectivity index (χ2n) is 8.52. The first kappa shape index (κ1) is 24.0. The molecule has 36 heavy (non-hydrogen) atoms. The lowest BCUT2D eigenvalue weighted by Gasteiger charge is -2.21. The van der Waals surface area contributed by atoms with Crippen molar-refractivity contribution in [3.05, 3.63) is 65.0 Å². The fourth-order valence-electron chi connectivity index (χ4n) is 4.21. The molecular weight excluding hydrogens is 500 g/mol. The number of halogens is 5. The Kier molecular flexibility index (Phi) is 6.03. The van der Waals surface area contributed by atoms with Gasteiger partial charge in [0.1, 0.15) is 24.7 Å². The molecule has 0 fully saturated rings. The zero-order valence-corrected chi connectivity index (χ0v) is 19.7. The summed E-state index contributed by atoms with van der Waals surface area (Å²) < 4.78 is 54.7. The van der Waals surface area contributed by atoms with Crippen LogP contribution in [0.3, 0.4) is 0 Å². The Labute approximate surface area is 207 Å². The first-order valence-electron chi connectivity index (χ1n) is 11.0. The summed E-state index contributed by atoms with van der Waals surface area (Å²) in [7, 11) is 0. The molecule has 4 heterocycles. The summed E-state index contributed by atoms with van der Waals surface area (Å²) in [5.74, 6) is -0.438. The molecule has 186 valence electrons. The topological polar surface area (TPSA) is 75.9 Å². The molecule has 0 bridgehead atoms. The van der Waals surface area contributed by atoms with Gasteiger partial charge in [-0.1, -0.05) is 11.6 Å². The lowest BCUT2D eigenvalue weighted by Crippen LogP contribution is -2.40. The maximum absolute atomic E-state index is 15.0. The van der Waals surface area contributed by atoms with E-state index >= 15 is 4.39 Å². The number of amides is 1. The average molecular weight is 519 g/mol. The van der Waals surface area contributed by atoms with Crippen molar-refractivity contribution < 1.29 is 22.4 Å². The van der Waals surface area contributed by atoms with Gasteiger partial charge in [0.25, 0.3) is 0 Å². The number of aryl methyl sites for hydroxylation is 1. The summed E-state index contributed by atoms with van der Waals surface area (Å²) >= 11 is 6.32. The van der Waals surface area contributed by atoms with Gasteiger partial charge in [-0.15, -0.1) is 0 Å². The minimum Gasteiger partial charge on any atom is -0.332 e. The molecule has 0 unspecified atom stereocenters. The summed E-state index contributed by atoms with van der Waals surface area (Å²) in [6.07, 6.45) is 0.412. The SMILES string of the molecule is Cc1ccncc1-c1cc2cc(Nc3cc4n(n3)CC(=O)N(CC(F)(F)F)CC4)ncc2c(Cl)c1F. The van der Waals surface area contributed by atoms with Crippen molar-refractivity contribution >= 4 is 39.9 Å². The van der Waals surface area contributed by atoms with Gasteiger partial charge < -0.3 is 10.2 Å². The number of alkyl halides is 3. The fraction of sp³-hybridized carbons (Fsp3) is 0.250. The molecule has 1 amide bonds. The maximum atomic E-state index is 15.0. The highest BCUT2D eigenvalue weighted by Crippen LogP contribution is 2.36. The Morgan fingerprint density at radius 3 is 2.69 bits per heavy atom. The normalized spacial score (nSPS) is 14.2. The monoisotopic (exact) mass is 518 g/mol. The van der Waals surface area contributed by atoms with Gasteiger partial charge in [0.05, 0.1) is 5.02 Å². The van der Waals surface area contributed by atoms with Crippen molar-refractivity contribution in [1.82, 2.24) is 24.6 Å². The predicted molar refractivity (Wildman–Crippen MR) is 127 cm³/mol. The smallest absolute Gasteiger partial charge is 0.332 e. The van der Waals surface area contributed by atoms with Gasteiger partial charge >= 0.3 is 6.18 Å². The van der Waals surface area contributed by atoms with Gasteiger partial charge in [0.2, 0.25) is 5.91 Å². The number of fused-ring (bicyclic) bond motifs is 2. The quantitative estimate of drug-likeness (QED) is 0.372. The van der Waals surface area contributed by atoms with Crippen LogP contribution in [0.2, 0.25) is 5.02 Å². The van der Waals surface area contributed by atoms with Crippen LogP contribution in [0.4, 0.5) is 29.2 Å². The summed E-state index contributed by atoms with van der Waals surface area (Å²) in [4.78, 5) is 21.5. The van der Waals surface area contributed by atoms with Gasteiger partial charge in [-0.3, -0.25) is 14.5 Å². The van der Waals surface area contributed by atoms with Crippen LogP contribution >= 0.6 is 11.6 Å². The number of anilines is 2. The number of hydrogen-bond acceptors (Lipinski definition) is 5. The Bertz CT molecular complexity index is 1490. The first-order chi connectivity index (χ1) is 17.1. The van der Waals surface area contributed by atoms with Gasteiger partial charge in [-0.2, -0.15) is 18.3 Å². The van der Waals surface area contributed by atoms with E-state index in [2.05, 4.69) is 20.4 Å². The Hall–Kier alpha value is -3.73. The minimum absolute atomic E-state index is 0.0552. The van der Waals surface area contributed by atoms with Crippen LogP contribution in [0.15, 0.2) is 42.9 Å². The third-order valence-electron chi connectivity index (χ3n) is 6.00. The molecule has 0 saturated heterocycles. The molecule has 0 saturated carbocycles. The molecule has 12 heteroatoms. The number of pyridine rings is 2. The van der Waals surface area contributed by atoms with Crippen molar-refractivity contribution in [2.75, 3.05) is 18.4 Å². The molecule has 0 aliphatic carbocycles. The third-order valence-corrected chi connectivity index (χ3v) is 6.37. The second-order valence-corrected chi connectivity index (χ2v) is 8.90. The lowest BCUT2D eigenvalue weighted by molar-refractivity contribution is -0.161. The summed E-state index contributed by atoms with van der Waals surface area (Å²) in [6.45, 7) is 0.218. The zero-order chi connectivity index (χ0) is 25.6. The van der Waals surface area contributed by atoms with Crippen LogP contribution in [0.1, 0.15) is 11.3 Å². The molecule has 0 atom stereocenters. The molecule has 1 aromatic carbocycles. The van der Waals surface area contributed by atoms with Gasteiger partial charge in [0, 0.05) is 59.8 Å². The van der Waals surface area contributed by atoms with E-state index in [1.54, 1.807) is 36.7 Å². The van der Waals surface area contributed by atoms with Crippen LogP contribution < -0.4 is 5.32 Å². The summed E-state index contributed by atoms with van der Waals surface area (Å²) in [6, 6.07) is 6.81. The number of rotatable bonds is 4. The number of nitrogens with one attached hydrogen (secondary N) is 1. The number of carbonyl (C=O) groups is 1. The Morgan fingerprint density at radius 1 is 1.14 bits per heavy atom. The second kappa shape index (κ2) is 9.05. The van der Waals surface area contributed by atoms with Gasteiger partial charge in [0.15, 0.2) is 5.82 Å². The minimum atomic E-state index is -4.46. The molecule has 0 spiro atoms. The van der Waals surface area contributed by atoms with Crippen LogP contribution in [-0.4, -0.2) is 49.8 Å². The van der Waals surface area contributed by atoms with E-state index < -0.39 is 24.4 Å². The molecule has 0 radical (unpaired) electrons. The number of nitrogens with zero attached hydrogens (tertiary/aromatic N) is 5. The first-order valence-corrected chi connectivity index (χ1v) is 11.3. The lowest BCUT2D eigenvalue weighted by atomic mass is 9.99. The van der Waals surface area contributed by atoms with E-state index in [-0.39, 0.29) is 24.5 Å². The largest absolute Gasteiger partial charge is 0.406 e. The summed E-state index contributed by atoms with van der Waals surface area (Å²) in [5, 5.41) is 8.38. The molecular formula is C24H19ClF4N6O. The van der Waals surface area contributed by atoms with Crippen LogP contribution in [0, 0.1) is 12.7 Å². The van der Waals surface area contributed by atoms with Crippen molar-refractivity contribution in [3.63, 3.8) is 0 Å². The van der Waals surface area contributed by atoms with E-state index in [1.807, 2.05) is 6.92 Å². The predicted octanol–water partition coefficient (Wildman–Crippen LogP) is 5.28. The van der Waals surface area contributed by atoms with E-state index in [9.17, 15) is 18.0 Å². The van der Waals surface area contributed by atoms with E-state index in [0.717, 1.165) is 10.5 Å². The Balaban J connectivity index is 1.42. The average Bonchev–Trinajstić information content (AvgIpc) is 3.13. The van der Waals surface area contributed by atoms with Crippen molar-refractivity contribution in [3.8, 4) is 11.1 Å². The van der Waals surface area contributed by atoms with E-state index in [4.69, 9.17) is 11.6 Å². The van der Waals surface area contributed by atoms with Crippen LogP contribution in [0.25, 0.3) is 21.9 Å². The van der Waals surface area contributed by atoms with Crippen molar-refractivity contribution in [1.29, 1.82) is 0 Å². The van der Waals surface area contributed by atoms with Gasteiger partial charge in [-0.05, 0) is 36.1 Å². The maximum Gasteiger partial charge on any atom is 0.406 e. The summed E-state index contributed by atoms with van der Waals surface area (Å²) in [5.41, 5.74) is 2.39. The number of hydrogen-bond donors (Lipinski definition) is 1. The molecule has 5 rings (SSSR count). The van der Waals surface area contributed by atoms with E-state index in [0.29, 0.717) is 39.2 Å². The molecule has 3 aromatic heterocycles.